The van der Waals surface area contributed by atoms with E-state index in [1.807, 2.05) is 31.2 Å². The van der Waals surface area contributed by atoms with Crippen molar-refractivity contribution in [2.24, 2.45) is 0 Å². The molecule has 1 aromatic heterocycles. The quantitative estimate of drug-likeness (QED) is 0.753. The minimum atomic E-state index is -0.327. The molecule has 0 N–H and O–H groups in total. The van der Waals surface area contributed by atoms with Gasteiger partial charge in [0.05, 0.1) is 0 Å². The molecular weight excluding hydrogens is 198 g/mol. The summed E-state index contributed by atoms with van der Waals surface area (Å²) in [5, 5.41) is 0. The lowest BCUT2D eigenvalue weighted by Crippen LogP contribution is -2.16. The van der Waals surface area contributed by atoms with Crippen LogP contribution < -0.4 is 5.56 Å². The SMILES string of the molecule is [2H]C(C)c1ccc(=O)n(-c2ccc(C)cc2)c1. The van der Waals surface area contributed by atoms with Gasteiger partial charge in [-0.1, -0.05) is 30.7 Å². The molecule has 2 heteroatoms. The molecule has 0 fully saturated rings. The Labute approximate surface area is 96.6 Å². The van der Waals surface area contributed by atoms with Crippen molar-refractivity contribution in [1.82, 2.24) is 4.57 Å². The van der Waals surface area contributed by atoms with Crippen LogP contribution >= 0.6 is 0 Å². The number of nitrogens with zero attached hydrogens (tertiary/aromatic N) is 1. The fourth-order valence-electron chi connectivity index (χ4n) is 1.58. The smallest absolute Gasteiger partial charge is 0.255 e. The van der Waals surface area contributed by atoms with Crippen molar-refractivity contribution >= 4 is 0 Å². The lowest BCUT2D eigenvalue weighted by molar-refractivity contribution is 0.952. The van der Waals surface area contributed by atoms with E-state index < -0.39 is 0 Å². The van der Waals surface area contributed by atoms with Gasteiger partial charge in [-0.2, -0.15) is 0 Å². The molecule has 1 heterocycles. The predicted molar refractivity (Wildman–Crippen MR) is 66.2 cm³/mol. The number of pyridine rings is 1. The molecule has 16 heavy (non-hydrogen) atoms. The Morgan fingerprint density at radius 2 is 1.88 bits per heavy atom. The molecule has 82 valence electrons. The van der Waals surface area contributed by atoms with Gasteiger partial charge in [0.15, 0.2) is 0 Å². The summed E-state index contributed by atoms with van der Waals surface area (Å²) in [5.74, 6) is 0. The summed E-state index contributed by atoms with van der Waals surface area (Å²) >= 11 is 0. The summed E-state index contributed by atoms with van der Waals surface area (Å²) in [6, 6.07) is 11.0. The Bertz CT molecular complexity index is 570. The first kappa shape index (κ1) is 9.40. The zero-order chi connectivity index (χ0) is 12.4. The number of hydrogen-bond donors (Lipinski definition) is 0. The standard InChI is InChI=1S/C14H15NO/c1-3-12-6-9-14(16)15(10-12)13-7-4-11(2)5-8-13/h4-10H,3H2,1-2H3/i3D. The van der Waals surface area contributed by atoms with Gasteiger partial charge in [0.1, 0.15) is 0 Å². The summed E-state index contributed by atoms with van der Waals surface area (Å²) in [7, 11) is 0. The Balaban J connectivity index is 2.54. The van der Waals surface area contributed by atoms with Gasteiger partial charge in [0, 0.05) is 19.3 Å². The minimum absolute atomic E-state index is 0.0711. The van der Waals surface area contributed by atoms with Gasteiger partial charge < -0.3 is 0 Å². The van der Waals surface area contributed by atoms with Crippen molar-refractivity contribution < 1.29 is 1.37 Å². The molecule has 1 atom stereocenters. The summed E-state index contributed by atoms with van der Waals surface area (Å²) in [5.41, 5.74) is 2.76. The largest absolute Gasteiger partial charge is 0.284 e. The van der Waals surface area contributed by atoms with Crippen LogP contribution in [0.15, 0.2) is 47.4 Å². The molecule has 2 rings (SSSR count). The molecule has 2 aromatic rings. The highest BCUT2D eigenvalue weighted by molar-refractivity contribution is 5.35. The maximum absolute atomic E-state index is 11.8. The Morgan fingerprint density at radius 1 is 1.19 bits per heavy atom. The van der Waals surface area contributed by atoms with Crippen molar-refractivity contribution in [3.63, 3.8) is 0 Å². The highest BCUT2D eigenvalue weighted by atomic mass is 16.1. The molecule has 0 amide bonds. The topological polar surface area (TPSA) is 22.0 Å². The molecule has 1 unspecified atom stereocenters. The molecule has 0 aliphatic carbocycles. The van der Waals surface area contributed by atoms with E-state index in [2.05, 4.69) is 0 Å². The monoisotopic (exact) mass is 214 g/mol. The molecule has 2 nitrogen and oxygen atoms in total. The van der Waals surface area contributed by atoms with E-state index in [4.69, 9.17) is 1.37 Å². The second-order valence-corrected chi connectivity index (χ2v) is 3.79. The van der Waals surface area contributed by atoms with Crippen LogP contribution in [0, 0.1) is 6.92 Å². The molecule has 0 spiro atoms. The number of benzene rings is 1. The lowest BCUT2D eigenvalue weighted by atomic mass is 10.2. The number of hydrogen-bond acceptors (Lipinski definition) is 1. The summed E-state index contributed by atoms with van der Waals surface area (Å²) in [6.45, 7) is 3.80. The fourth-order valence-corrected chi connectivity index (χ4v) is 1.58. The van der Waals surface area contributed by atoms with Crippen molar-refractivity contribution in [2.75, 3.05) is 0 Å². The van der Waals surface area contributed by atoms with E-state index in [-0.39, 0.29) is 12.0 Å². The average Bonchev–Trinajstić information content (AvgIpc) is 2.31. The first-order chi connectivity index (χ1) is 8.08. The zero-order valence-corrected chi connectivity index (χ0v) is 9.47. The van der Waals surface area contributed by atoms with Gasteiger partial charge >= 0.3 is 0 Å². The van der Waals surface area contributed by atoms with E-state index >= 15 is 0 Å². The van der Waals surface area contributed by atoms with E-state index in [1.165, 1.54) is 6.07 Å². The maximum Gasteiger partial charge on any atom is 0.255 e. The fraction of sp³-hybridized carbons (Fsp3) is 0.214. The van der Waals surface area contributed by atoms with Crippen LogP contribution in [0.2, 0.25) is 0 Å². The molecule has 0 radical (unpaired) electrons. The predicted octanol–water partition coefficient (Wildman–Crippen LogP) is 2.71. The van der Waals surface area contributed by atoms with Crippen LogP contribution in [0.25, 0.3) is 5.69 Å². The average molecular weight is 214 g/mol. The molecule has 1 aromatic carbocycles. The molecule has 0 aliphatic rings. The van der Waals surface area contributed by atoms with Crippen LogP contribution in [0.1, 0.15) is 19.4 Å². The van der Waals surface area contributed by atoms with E-state index in [0.29, 0.717) is 0 Å². The lowest BCUT2D eigenvalue weighted by Gasteiger charge is -2.07. The minimum Gasteiger partial charge on any atom is -0.284 e. The van der Waals surface area contributed by atoms with Crippen LogP contribution in [0.5, 0.6) is 0 Å². The first-order valence-corrected chi connectivity index (χ1v) is 5.30. The molecular formula is C14H15NO. The first-order valence-electron chi connectivity index (χ1n) is 5.87. The Hall–Kier alpha value is -1.83. The third-order valence-corrected chi connectivity index (χ3v) is 2.58. The Kier molecular flexibility index (Phi) is 2.56. The summed E-state index contributed by atoms with van der Waals surface area (Å²) in [4.78, 5) is 11.8. The van der Waals surface area contributed by atoms with Gasteiger partial charge in [-0.3, -0.25) is 9.36 Å². The Morgan fingerprint density at radius 3 is 2.50 bits per heavy atom. The van der Waals surface area contributed by atoms with E-state index in [9.17, 15) is 4.79 Å². The van der Waals surface area contributed by atoms with Crippen LogP contribution in [-0.2, 0) is 6.40 Å². The van der Waals surface area contributed by atoms with E-state index in [0.717, 1.165) is 16.8 Å². The summed E-state index contributed by atoms with van der Waals surface area (Å²) < 4.78 is 9.25. The molecule has 0 bridgehead atoms. The number of aryl methyl sites for hydroxylation is 2. The van der Waals surface area contributed by atoms with Crippen molar-refractivity contribution in [3.05, 3.63) is 64.1 Å². The zero-order valence-electron chi connectivity index (χ0n) is 10.5. The highest BCUT2D eigenvalue weighted by Crippen LogP contribution is 2.08. The van der Waals surface area contributed by atoms with Gasteiger partial charge in [0.2, 0.25) is 0 Å². The van der Waals surface area contributed by atoms with Gasteiger partial charge in [0.25, 0.3) is 5.56 Å². The van der Waals surface area contributed by atoms with Crippen LogP contribution in [-0.4, -0.2) is 4.57 Å². The molecule has 0 saturated carbocycles. The maximum atomic E-state index is 11.8. The van der Waals surface area contributed by atoms with Gasteiger partial charge in [-0.05, 0) is 31.0 Å². The van der Waals surface area contributed by atoms with Gasteiger partial charge in [-0.25, -0.2) is 0 Å². The van der Waals surface area contributed by atoms with Crippen molar-refractivity contribution in [3.8, 4) is 5.69 Å². The number of rotatable bonds is 2. The number of aromatic nitrogens is 1. The summed E-state index contributed by atoms with van der Waals surface area (Å²) in [6.07, 6.45) is 1.41. The van der Waals surface area contributed by atoms with Crippen LogP contribution in [0.3, 0.4) is 0 Å². The third kappa shape index (κ3) is 2.06. The highest BCUT2D eigenvalue weighted by Gasteiger charge is 1.99. The third-order valence-electron chi connectivity index (χ3n) is 2.58. The normalized spacial score (nSPS) is 13.2. The second kappa shape index (κ2) is 4.35. The molecule has 0 aliphatic heterocycles. The molecule has 0 saturated heterocycles. The second-order valence-electron chi connectivity index (χ2n) is 3.79. The van der Waals surface area contributed by atoms with E-state index in [1.54, 1.807) is 23.8 Å². The van der Waals surface area contributed by atoms with Crippen molar-refractivity contribution in [2.45, 2.75) is 20.2 Å². The van der Waals surface area contributed by atoms with Gasteiger partial charge in [-0.15, -0.1) is 0 Å². The van der Waals surface area contributed by atoms with Crippen molar-refractivity contribution in [1.29, 1.82) is 0 Å². The van der Waals surface area contributed by atoms with Crippen LogP contribution in [0.4, 0.5) is 0 Å².